The van der Waals surface area contributed by atoms with Gasteiger partial charge in [0.05, 0.1) is 15.8 Å². The van der Waals surface area contributed by atoms with E-state index >= 15 is 0 Å². The smallest absolute Gasteiger partial charge is 0.276 e. The average Bonchev–Trinajstić information content (AvgIpc) is 3.00. The topological polar surface area (TPSA) is 79.3 Å². The van der Waals surface area contributed by atoms with Crippen molar-refractivity contribution in [3.8, 4) is 5.75 Å². The van der Waals surface area contributed by atoms with Crippen molar-refractivity contribution in [2.75, 3.05) is 0 Å². The first-order chi connectivity index (χ1) is 11.6. The van der Waals surface area contributed by atoms with Gasteiger partial charge in [-0.3, -0.25) is 9.59 Å². The van der Waals surface area contributed by atoms with Crippen molar-refractivity contribution in [2.45, 2.75) is 26.2 Å². The molecular formula is C18H18N2O3S. The molecule has 1 unspecified atom stereocenters. The third-order valence-corrected chi connectivity index (χ3v) is 4.83. The highest BCUT2D eigenvalue weighted by Crippen LogP contribution is 2.30. The molecule has 0 bridgehead atoms. The molecule has 1 atom stereocenters. The molecule has 5 nitrogen and oxygen atoms in total. The number of phenolic OH excluding ortho intramolecular Hbond substituents is 1. The predicted molar refractivity (Wildman–Crippen MR) is 94.0 cm³/mol. The number of allylic oxidation sites excluding steroid dienone is 3. The van der Waals surface area contributed by atoms with Crippen molar-refractivity contribution < 1.29 is 14.7 Å². The SMILES string of the molecule is CC1CC=CC(=O)C(NC(=O)c2nsc3cccc(O)c23)=CCC1. The first-order valence-electron chi connectivity index (χ1n) is 7.86. The van der Waals surface area contributed by atoms with Gasteiger partial charge >= 0.3 is 0 Å². The lowest BCUT2D eigenvalue weighted by Crippen LogP contribution is -2.27. The number of amides is 1. The summed E-state index contributed by atoms with van der Waals surface area (Å²) in [4.78, 5) is 24.8. The summed E-state index contributed by atoms with van der Waals surface area (Å²) >= 11 is 1.14. The van der Waals surface area contributed by atoms with Crippen molar-refractivity contribution in [3.63, 3.8) is 0 Å². The maximum absolute atomic E-state index is 12.5. The lowest BCUT2D eigenvalue weighted by Gasteiger charge is -2.07. The van der Waals surface area contributed by atoms with E-state index in [-0.39, 0.29) is 22.9 Å². The van der Waals surface area contributed by atoms with Crippen LogP contribution in [0.15, 0.2) is 42.1 Å². The minimum Gasteiger partial charge on any atom is -0.507 e. The summed E-state index contributed by atoms with van der Waals surface area (Å²) in [6.07, 6.45) is 7.66. The number of aromatic nitrogens is 1. The number of benzene rings is 1. The Morgan fingerprint density at radius 3 is 3.08 bits per heavy atom. The second kappa shape index (κ2) is 6.97. The molecule has 0 aliphatic heterocycles. The van der Waals surface area contributed by atoms with E-state index in [0.717, 1.165) is 35.5 Å². The van der Waals surface area contributed by atoms with E-state index in [9.17, 15) is 14.7 Å². The molecular weight excluding hydrogens is 324 g/mol. The van der Waals surface area contributed by atoms with Crippen LogP contribution in [0, 0.1) is 5.92 Å². The van der Waals surface area contributed by atoms with Crippen LogP contribution in [0.2, 0.25) is 0 Å². The predicted octanol–water partition coefficient (Wildman–Crippen LogP) is 3.56. The van der Waals surface area contributed by atoms with Crippen LogP contribution in [0.4, 0.5) is 0 Å². The van der Waals surface area contributed by atoms with Gasteiger partial charge in [0, 0.05) is 0 Å². The molecule has 6 heteroatoms. The first kappa shape index (κ1) is 16.4. The maximum atomic E-state index is 12.5. The molecule has 0 radical (unpaired) electrons. The number of ketones is 1. The highest BCUT2D eigenvalue weighted by atomic mass is 32.1. The van der Waals surface area contributed by atoms with Crippen molar-refractivity contribution in [1.82, 2.24) is 9.69 Å². The fourth-order valence-electron chi connectivity index (χ4n) is 2.65. The molecule has 24 heavy (non-hydrogen) atoms. The van der Waals surface area contributed by atoms with Gasteiger partial charge in [0.15, 0.2) is 5.69 Å². The van der Waals surface area contributed by atoms with E-state index < -0.39 is 5.91 Å². The zero-order valence-electron chi connectivity index (χ0n) is 13.3. The number of rotatable bonds is 2. The summed E-state index contributed by atoms with van der Waals surface area (Å²) in [5, 5.41) is 13.1. The third-order valence-electron chi connectivity index (χ3n) is 4.02. The first-order valence-corrected chi connectivity index (χ1v) is 8.63. The molecule has 2 N–H and O–H groups in total. The quantitative estimate of drug-likeness (QED) is 0.874. The largest absolute Gasteiger partial charge is 0.507 e. The summed E-state index contributed by atoms with van der Waals surface area (Å²) in [5.74, 6) is -0.195. The number of phenols is 1. The van der Waals surface area contributed by atoms with Gasteiger partial charge in [0.25, 0.3) is 5.91 Å². The number of carbonyl (C=O) groups excluding carboxylic acids is 2. The van der Waals surface area contributed by atoms with Gasteiger partial charge in [0.1, 0.15) is 5.75 Å². The minimum atomic E-state index is -0.483. The number of aromatic hydroxyl groups is 1. The zero-order chi connectivity index (χ0) is 17.1. The Labute approximate surface area is 143 Å². The van der Waals surface area contributed by atoms with Crippen molar-refractivity contribution >= 4 is 33.3 Å². The van der Waals surface area contributed by atoms with E-state index in [2.05, 4.69) is 16.6 Å². The Morgan fingerprint density at radius 1 is 1.42 bits per heavy atom. The van der Waals surface area contributed by atoms with E-state index in [4.69, 9.17) is 0 Å². The van der Waals surface area contributed by atoms with E-state index in [1.807, 2.05) is 6.08 Å². The molecule has 3 rings (SSSR count). The average molecular weight is 342 g/mol. The summed E-state index contributed by atoms with van der Waals surface area (Å²) in [6.45, 7) is 2.14. The Hall–Kier alpha value is -2.47. The maximum Gasteiger partial charge on any atom is 0.276 e. The molecule has 0 saturated carbocycles. The van der Waals surface area contributed by atoms with Crippen LogP contribution in [0.5, 0.6) is 5.75 Å². The second-order valence-electron chi connectivity index (χ2n) is 5.94. The number of hydrogen-bond acceptors (Lipinski definition) is 5. The normalized spacial score (nSPS) is 18.6. The second-order valence-corrected chi connectivity index (χ2v) is 6.74. The number of fused-ring (bicyclic) bond motifs is 1. The summed E-state index contributed by atoms with van der Waals surface area (Å²) in [6, 6.07) is 5.01. The monoisotopic (exact) mass is 342 g/mol. The summed E-state index contributed by atoms with van der Waals surface area (Å²) in [7, 11) is 0. The summed E-state index contributed by atoms with van der Waals surface area (Å²) in [5.41, 5.74) is 0.404. The van der Waals surface area contributed by atoms with E-state index in [1.165, 1.54) is 12.1 Å². The van der Waals surface area contributed by atoms with Gasteiger partial charge < -0.3 is 10.4 Å². The lowest BCUT2D eigenvalue weighted by molar-refractivity contribution is -0.111. The zero-order valence-corrected chi connectivity index (χ0v) is 14.1. The number of nitrogens with one attached hydrogen (secondary N) is 1. The highest BCUT2D eigenvalue weighted by molar-refractivity contribution is 7.13. The number of hydrogen-bond donors (Lipinski definition) is 2. The van der Waals surface area contributed by atoms with Gasteiger partial charge in [-0.15, -0.1) is 0 Å². The number of carbonyl (C=O) groups is 2. The Kier molecular flexibility index (Phi) is 4.76. The van der Waals surface area contributed by atoms with Crippen LogP contribution in [0.1, 0.15) is 36.7 Å². The molecule has 1 amide bonds. The summed E-state index contributed by atoms with van der Waals surface area (Å²) < 4.78 is 4.86. The Morgan fingerprint density at radius 2 is 2.25 bits per heavy atom. The molecule has 2 aromatic rings. The standard InChI is InChI=1S/C18H18N2O3S/c1-11-5-2-7-12(13(21)8-3-6-11)19-18(23)17-16-14(22)9-4-10-15(16)24-20-17/h3-4,7-11,22H,2,5-6H2,1H3,(H,19,23). The van der Waals surface area contributed by atoms with Crippen LogP contribution in [-0.2, 0) is 4.79 Å². The number of nitrogens with zero attached hydrogens (tertiary/aromatic N) is 1. The molecule has 1 aromatic heterocycles. The van der Waals surface area contributed by atoms with Crippen LogP contribution < -0.4 is 5.32 Å². The highest BCUT2D eigenvalue weighted by Gasteiger charge is 2.20. The molecule has 0 saturated heterocycles. The molecule has 1 heterocycles. The van der Waals surface area contributed by atoms with Gasteiger partial charge in [-0.05, 0) is 54.9 Å². The Bertz CT molecular complexity index is 851. The van der Waals surface area contributed by atoms with Gasteiger partial charge in [0.2, 0.25) is 5.78 Å². The fourth-order valence-corrected chi connectivity index (χ4v) is 3.45. The van der Waals surface area contributed by atoms with Crippen LogP contribution in [0.25, 0.3) is 10.1 Å². The minimum absolute atomic E-state index is 0.00916. The van der Waals surface area contributed by atoms with Crippen molar-refractivity contribution in [2.24, 2.45) is 5.92 Å². The Balaban J connectivity index is 1.87. The van der Waals surface area contributed by atoms with Gasteiger partial charge in [-0.2, -0.15) is 4.37 Å². The van der Waals surface area contributed by atoms with E-state index in [0.29, 0.717) is 11.3 Å². The van der Waals surface area contributed by atoms with Crippen LogP contribution >= 0.6 is 11.5 Å². The third kappa shape index (κ3) is 3.38. The van der Waals surface area contributed by atoms with Crippen molar-refractivity contribution in [1.29, 1.82) is 0 Å². The van der Waals surface area contributed by atoms with Crippen LogP contribution in [0.3, 0.4) is 0 Å². The van der Waals surface area contributed by atoms with Gasteiger partial charge in [-0.1, -0.05) is 25.1 Å². The molecule has 124 valence electrons. The molecule has 1 aliphatic rings. The van der Waals surface area contributed by atoms with E-state index in [1.54, 1.807) is 18.2 Å². The van der Waals surface area contributed by atoms with Gasteiger partial charge in [-0.25, -0.2) is 0 Å². The molecule has 1 aromatic carbocycles. The fraction of sp³-hybridized carbons (Fsp3) is 0.278. The van der Waals surface area contributed by atoms with Crippen LogP contribution in [-0.4, -0.2) is 21.2 Å². The lowest BCUT2D eigenvalue weighted by atomic mass is 10.0. The van der Waals surface area contributed by atoms with Crippen molar-refractivity contribution in [3.05, 3.63) is 47.8 Å². The molecule has 0 fully saturated rings. The molecule has 0 spiro atoms. The molecule has 1 aliphatic carbocycles.